The smallest absolute Gasteiger partial charge is 0.0991 e. The molecule has 0 amide bonds. The Hall–Kier alpha value is -1.37. The van der Waals surface area contributed by atoms with Gasteiger partial charge in [0.2, 0.25) is 0 Å². The van der Waals surface area contributed by atoms with Crippen LogP contribution in [0.2, 0.25) is 0 Å². The molecule has 3 nitrogen and oxygen atoms in total. The molecule has 1 N–H and O–H groups in total. The zero-order valence-corrected chi connectivity index (χ0v) is 12.9. The zero-order chi connectivity index (χ0) is 14.7. The molecule has 2 heterocycles. The highest BCUT2D eigenvalue weighted by Crippen LogP contribution is 2.30. The van der Waals surface area contributed by atoms with E-state index in [1.165, 1.54) is 37.7 Å². The van der Waals surface area contributed by atoms with Gasteiger partial charge in [-0.2, -0.15) is 5.26 Å². The predicted octanol–water partition coefficient (Wildman–Crippen LogP) is 3.05. The molecule has 3 heteroatoms. The number of hydrogen-bond acceptors (Lipinski definition) is 3. The highest BCUT2D eigenvalue weighted by Gasteiger charge is 2.35. The van der Waals surface area contributed by atoms with Crippen molar-refractivity contribution in [3.8, 4) is 6.07 Å². The molecule has 2 fully saturated rings. The quantitative estimate of drug-likeness (QED) is 0.902. The first kappa shape index (κ1) is 14.6. The van der Waals surface area contributed by atoms with Crippen LogP contribution in [0.25, 0.3) is 0 Å². The second kappa shape index (κ2) is 6.60. The normalized spacial score (nSPS) is 27.8. The third kappa shape index (κ3) is 3.45. The van der Waals surface area contributed by atoms with E-state index in [2.05, 4.69) is 29.3 Å². The van der Waals surface area contributed by atoms with E-state index in [4.69, 9.17) is 5.26 Å². The Bertz CT molecular complexity index is 507. The average Bonchev–Trinajstić information content (AvgIpc) is 2.85. The summed E-state index contributed by atoms with van der Waals surface area (Å²) in [4.78, 5) is 2.64. The minimum atomic E-state index is 0.703. The molecule has 0 saturated carbocycles. The molecule has 2 saturated heterocycles. The van der Waals surface area contributed by atoms with Gasteiger partial charge in [0.05, 0.1) is 11.6 Å². The summed E-state index contributed by atoms with van der Waals surface area (Å²) < 4.78 is 0. The number of benzene rings is 1. The summed E-state index contributed by atoms with van der Waals surface area (Å²) in [5, 5.41) is 12.8. The van der Waals surface area contributed by atoms with Crippen LogP contribution in [0.15, 0.2) is 24.3 Å². The maximum absolute atomic E-state index is 9.05. The maximum Gasteiger partial charge on any atom is 0.0991 e. The topological polar surface area (TPSA) is 39.1 Å². The van der Waals surface area contributed by atoms with Gasteiger partial charge in [0.1, 0.15) is 0 Å². The van der Waals surface area contributed by atoms with Gasteiger partial charge in [0.15, 0.2) is 0 Å². The van der Waals surface area contributed by atoms with Crippen LogP contribution >= 0.6 is 0 Å². The molecule has 2 aliphatic rings. The van der Waals surface area contributed by atoms with Gasteiger partial charge in [-0.05, 0) is 56.3 Å². The van der Waals surface area contributed by atoms with Gasteiger partial charge in [-0.25, -0.2) is 0 Å². The van der Waals surface area contributed by atoms with E-state index >= 15 is 0 Å². The number of nitrogens with one attached hydrogen (secondary N) is 1. The van der Waals surface area contributed by atoms with Crippen LogP contribution in [-0.2, 0) is 6.54 Å². The van der Waals surface area contributed by atoms with Crippen LogP contribution in [0.5, 0.6) is 0 Å². The Balaban J connectivity index is 1.70. The predicted molar refractivity (Wildman–Crippen MR) is 84.8 cm³/mol. The van der Waals surface area contributed by atoms with E-state index in [9.17, 15) is 0 Å². The molecule has 1 aromatic carbocycles. The van der Waals surface area contributed by atoms with Crippen molar-refractivity contribution in [2.75, 3.05) is 6.54 Å². The number of nitrogens with zero attached hydrogens (tertiary/aromatic N) is 2. The fourth-order valence-electron chi connectivity index (χ4n) is 3.98. The monoisotopic (exact) mass is 283 g/mol. The van der Waals surface area contributed by atoms with E-state index in [0.717, 1.165) is 30.7 Å². The highest BCUT2D eigenvalue weighted by atomic mass is 15.2. The van der Waals surface area contributed by atoms with E-state index in [1.807, 2.05) is 18.2 Å². The Labute approximate surface area is 128 Å². The van der Waals surface area contributed by atoms with Crippen molar-refractivity contribution in [2.24, 2.45) is 0 Å². The summed E-state index contributed by atoms with van der Waals surface area (Å²) in [6.07, 6.45) is 6.47. The molecule has 2 bridgehead atoms. The van der Waals surface area contributed by atoms with E-state index < -0.39 is 0 Å². The first-order chi connectivity index (χ1) is 10.3. The molecule has 2 atom stereocenters. The molecule has 1 aromatic rings. The lowest BCUT2D eigenvalue weighted by Gasteiger charge is -2.38. The summed E-state index contributed by atoms with van der Waals surface area (Å²) in [5.74, 6) is 0. The summed E-state index contributed by atoms with van der Waals surface area (Å²) in [6, 6.07) is 12.5. The van der Waals surface area contributed by atoms with Crippen LogP contribution < -0.4 is 5.32 Å². The van der Waals surface area contributed by atoms with Gasteiger partial charge in [0, 0.05) is 24.7 Å². The van der Waals surface area contributed by atoms with Gasteiger partial charge in [-0.3, -0.25) is 4.90 Å². The summed E-state index contributed by atoms with van der Waals surface area (Å²) in [5.41, 5.74) is 2.04. The summed E-state index contributed by atoms with van der Waals surface area (Å²) >= 11 is 0. The van der Waals surface area contributed by atoms with Crippen molar-refractivity contribution >= 4 is 0 Å². The first-order valence-corrected chi connectivity index (χ1v) is 8.27. The van der Waals surface area contributed by atoms with Gasteiger partial charge < -0.3 is 5.32 Å². The molecule has 0 radical (unpaired) electrons. The second-order valence-corrected chi connectivity index (χ2v) is 6.55. The Morgan fingerprint density at radius 2 is 2.05 bits per heavy atom. The molecule has 0 aliphatic carbocycles. The molecule has 0 aromatic heterocycles. The summed E-state index contributed by atoms with van der Waals surface area (Å²) in [7, 11) is 0. The third-order valence-corrected chi connectivity index (χ3v) is 4.92. The van der Waals surface area contributed by atoms with Crippen LogP contribution in [0.1, 0.15) is 50.2 Å². The second-order valence-electron chi connectivity index (χ2n) is 6.55. The number of fused-ring (bicyclic) bond motifs is 2. The van der Waals surface area contributed by atoms with Crippen molar-refractivity contribution in [1.82, 2.24) is 10.2 Å². The van der Waals surface area contributed by atoms with Crippen molar-refractivity contribution in [1.29, 1.82) is 5.26 Å². The number of hydrogen-bond donors (Lipinski definition) is 1. The molecule has 0 spiro atoms. The van der Waals surface area contributed by atoms with Crippen LogP contribution in [-0.4, -0.2) is 29.6 Å². The van der Waals surface area contributed by atoms with Crippen molar-refractivity contribution in [3.05, 3.63) is 35.4 Å². The first-order valence-electron chi connectivity index (χ1n) is 8.27. The SMILES string of the molecule is CCCN(Cc1cccc(C#N)c1)C1CC2CCC(C1)N2. The van der Waals surface area contributed by atoms with E-state index in [1.54, 1.807) is 0 Å². The third-order valence-electron chi connectivity index (χ3n) is 4.92. The van der Waals surface area contributed by atoms with E-state index in [0.29, 0.717) is 6.04 Å². The van der Waals surface area contributed by atoms with Gasteiger partial charge in [-0.1, -0.05) is 19.1 Å². The zero-order valence-electron chi connectivity index (χ0n) is 12.9. The number of rotatable bonds is 5. The lowest BCUT2D eigenvalue weighted by molar-refractivity contribution is 0.134. The molecule has 112 valence electrons. The molecule has 21 heavy (non-hydrogen) atoms. The van der Waals surface area contributed by atoms with Gasteiger partial charge in [0.25, 0.3) is 0 Å². The van der Waals surface area contributed by atoms with Gasteiger partial charge in [-0.15, -0.1) is 0 Å². The summed E-state index contributed by atoms with van der Waals surface area (Å²) in [6.45, 7) is 4.39. The minimum Gasteiger partial charge on any atom is -0.311 e. The Kier molecular flexibility index (Phi) is 4.57. The Morgan fingerprint density at radius 1 is 1.29 bits per heavy atom. The van der Waals surface area contributed by atoms with Crippen molar-refractivity contribution in [3.63, 3.8) is 0 Å². The van der Waals surface area contributed by atoms with Gasteiger partial charge >= 0.3 is 0 Å². The minimum absolute atomic E-state index is 0.703. The molecule has 2 aliphatic heterocycles. The number of nitriles is 1. The molecule has 3 rings (SSSR count). The fraction of sp³-hybridized carbons (Fsp3) is 0.611. The van der Waals surface area contributed by atoms with Crippen LogP contribution in [0.4, 0.5) is 0 Å². The largest absolute Gasteiger partial charge is 0.311 e. The highest BCUT2D eigenvalue weighted by molar-refractivity contribution is 5.32. The average molecular weight is 283 g/mol. The molecular weight excluding hydrogens is 258 g/mol. The van der Waals surface area contributed by atoms with Crippen LogP contribution in [0.3, 0.4) is 0 Å². The van der Waals surface area contributed by atoms with Crippen molar-refractivity contribution < 1.29 is 0 Å². The lowest BCUT2D eigenvalue weighted by Crippen LogP contribution is -2.48. The fourth-order valence-corrected chi connectivity index (χ4v) is 3.98. The van der Waals surface area contributed by atoms with Crippen molar-refractivity contribution in [2.45, 2.75) is 63.7 Å². The van der Waals surface area contributed by atoms with Crippen LogP contribution in [0, 0.1) is 11.3 Å². The molecule has 2 unspecified atom stereocenters. The molecular formula is C18H25N3. The number of piperidine rings is 1. The standard InChI is InChI=1S/C18H25N3/c1-2-8-21(13-15-5-3-4-14(9-15)12-19)18-10-16-6-7-17(11-18)20-16/h3-5,9,16-18,20H,2,6-8,10-11,13H2,1H3. The van der Waals surface area contributed by atoms with E-state index in [-0.39, 0.29) is 0 Å². The lowest BCUT2D eigenvalue weighted by atomic mass is 9.97. The Morgan fingerprint density at radius 3 is 2.71 bits per heavy atom. The maximum atomic E-state index is 9.05.